The molecule has 0 bridgehead atoms. The first-order valence-corrected chi connectivity index (χ1v) is 15.4. The van der Waals surface area contributed by atoms with Gasteiger partial charge in [0.25, 0.3) is 5.69 Å². The Morgan fingerprint density at radius 1 is 1.00 bits per heavy atom. The van der Waals surface area contributed by atoms with Gasteiger partial charge in [-0.1, -0.05) is 58.4 Å². The number of nitrogens with zero attached hydrogens (tertiary/aromatic N) is 4. The average Bonchev–Trinajstić information content (AvgIpc) is 3.41. The molecule has 14 heteroatoms. The molecule has 212 valence electrons. The third-order valence-corrected chi connectivity index (χ3v) is 11.1. The molecule has 3 aromatic rings. The maximum absolute atomic E-state index is 14.0. The van der Waals surface area contributed by atoms with Gasteiger partial charge in [0.1, 0.15) is 11.8 Å². The van der Waals surface area contributed by atoms with Crippen molar-refractivity contribution in [2.75, 3.05) is 18.0 Å². The lowest BCUT2D eigenvalue weighted by molar-refractivity contribution is -0.384. The molecule has 10 nitrogen and oxygen atoms in total. The van der Waals surface area contributed by atoms with E-state index in [1.165, 1.54) is 28.8 Å². The fraction of sp³-hybridized carbons (Fsp3) is 0.333. The van der Waals surface area contributed by atoms with E-state index in [4.69, 9.17) is 23.2 Å². The number of hydrogen-bond donors (Lipinski definition) is 0. The summed E-state index contributed by atoms with van der Waals surface area (Å²) in [7, 11) is 0. The lowest BCUT2D eigenvalue weighted by Crippen LogP contribution is -2.39. The second kappa shape index (κ2) is 10.9. The standard InChI is InChI=1S/C27H22Cl2N4O6S2/c28-17-6-4-5-16(21(17)29)19-20-22(25(36)32(24(20)35)14-7-9-15(10-8-14)33(38)39)40-26-23(19)41-27(37)31(26)13-18(34)30-11-2-1-3-12-30/h4-10,19-20,22H,1-3,11-13H2. The highest BCUT2D eigenvalue weighted by molar-refractivity contribution is 8.00. The minimum absolute atomic E-state index is 0.167. The van der Waals surface area contributed by atoms with Crippen LogP contribution >= 0.6 is 46.3 Å². The zero-order valence-corrected chi connectivity index (χ0v) is 24.5. The number of hydrogen-bond acceptors (Lipinski definition) is 8. The Kier molecular flexibility index (Phi) is 7.43. The van der Waals surface area contributed by atoms with Crippen molar-refractivity contribution >= 4 is 75.4 Å². The number of nitro benzene ring substituents is 1. The topological polar surface area (TPSA) is 123 Å². The summed E-state index contributed by atoms with van der Waals surface area (Å²) in [5, 5.41) is 11.1. The molecule has 0 saturated carbocycles. The van der Waals surface area contributed by atoms with E-state index in [2.05, 4.69) is 0 Å². The molecule has 3 atom stereocenters. The summed E-state index contributed by atoms with van der Waals surface area (Å²) >= 11 is 15.0. The number of piperidine rings is 1. The summed E-state index contributed by atoms with van der Waals surface area (Å²) < 4.78 is 1.40. The number of thioether (sulfide) groups is 1. The number of likely N-dealkylation sites (tertiary alicyclic amines) is 1. The summed E-state index contributed by atoms with van der Waals surface area (Å²) in [5.74, 6) is -2.89. The van der Waals surface area contributed by atoms with Crippen molar-refractivity contribution in [1.82, 2.24) is 9.47 Å². The molecule has 3 unspecified atom stereocenters. The average molecular weight is 634 g/mol. The Hall–Kier alpha value is -3.19. The molecule has 0 spiro atoms. The molecule has 2 aromatic carbocycles. The minimum Gasteiger partial charge on any atom is -0.341 e. The van der Waals surface area contributed by atoms with Gasteiger partial charge in [-0.05, 0) is 43.0 Å². The van der Waals surface area contributed by atoms with Crippen LogP contribution in [0.15, 0.2) is 52.3 Å². The van der Waals surface area contributed by atoms with Crippen molar-refractivity contribution in [3.8, 4) is 0 Å². The van der Waals surface area contributed by atoms with Crippen LogP contribution in [-0.4, -0.2) is 50.5 Å². The Bertz CT molecular complexity index is 1650. The van der Waals surface area contributed by atoms with E-state index in [0.717, 1.165) is 47.3 Å². The van der Waals surface area contributed by atoms with Crippen LogP contribution in [0, 0.1) is 16.0 Å². The quantitative estimate of drug-likeness (QED) is 0.222. The van der Waals surface area contributed by atoms with E-state index in [-0.39, 0.29) is 38.7 Å². The van der Waals surface area contributed by atoms with Crippen molar-refractivity contribution in [2.24, 2.45) is 5.92 Å². The zero-order chi connectivity index (χ0) is 29.0. The van der Waals surface area contributed by atoms with Crippen LogP contribution in [0.5, 0.6) is 0 Å². The van der Waals surface area contributed by atoms with Gasteiger partial charge in [0.2, 0.25) is 17.7 Å². The second-order valence-corrected chi connectivity index (χ2v) is 12.9. The van der Waals surface area contributed by atoms with E-state index < -0.39 is 33.8 Å². The van der Waals surface area contributed by atoms with Crippen molar-refractivity contribution in [2.45, 2.75) is 42.0 Å². The van der Waals surface area contributed by atoms with Gasteiger partial charge < -0.3 is 4.90 Å². The van der Waals surface area contributed by atoms with Gasteiger partial charge in [-0.25, -0.2) is 4.90 Å². The molecule has 4 heterocycles. The summed E-state index contributed by atoms with van der Waals surface area (Å²) in [6, 6.07) is 10.2. The largest absolute Gasteiger partial charge is 0.341 e. The Morgan fingerprint density at radius 3 is 2.39 bits per heavy atom. The molecule has 2 fully saturated rings. The lowest BCUT2D eigenvalue weighted by Gasteiger charge is -2.31. The summed E-state index contributed by atoms with van der Waals surface area (Å²) in [6.07, 6.45) is 2.87. The van der Waals surface area contributed by atoms with Crippen LogP contribution < -0.4 is 9.77 Å². The van der Waals surface area contributed by atoms with Crippen LogP contribution in [0.1, 0.15) is 35.6 Å². The van der Waals surface area contributed by atoms with Crippen LogP contribution in [0.25, 0.3) is 0 Å². The first kappa shape index (κ1) is 28.0. The van der Waals surface area contributed by atoms with Gasteiger partial charge in [-0.15, -0.1) is 0 Å². The molecule has 2 saturated heterocycles. The predicted molar refractivity (Wildman–Crippen MR) is 156 cm³/mol. The van der Waals surface area contributed by atoms with E-state index in [1.54, 1.807) is 23.1 Å². The number of aromatic nitrogens is 1. The fourth-order valence-electron chi connectivity index (χ4n) is 5.71. The third kappa shape index (κ3) is 4.76. The molecule has 41 heavy (non-hydrogen) atoms. The number of non-ortho nitro benzene ring substituents is 1. The Labute approximate surface area is 252 Å². The van der Waals surface area contributed by atoms with Crippen molar-refractivity contribution in [1.29, 1.82) is 0 Å². The SMILES string of the molecule is O=C(Cn1c2c(sc1=O)C(c1cccc(Cl)c1Cl)C1C(=O)N(c3ccc([N+](=O)[O-])cc3)C(=O)C1S2)N1CCCCC1. The van der Waals surface area contributed by atoms with Crippen molar-refractivity contribution in [3.63, 3.8) is 0 Å². The van der Waals surface area contributed by atoms with Crippen molar-refractivity contribution < 1.29 is 19.3 Å². The van der Waals surface area contributed by atoms with E-state index in [1.807, 2.05) is 0 Å². The number of amides is 3. The number of carbonyl (C=O) groups is 3. The Balaban J connectivity index is 1.45. The minimum atomic E-state index is -0.921. The summed E-state index contributed by atoms with van der Waals surface area (Å²) in [5.41, 5.74) is 0.531. The van der Waals surface area contributed by atoms with Crippen LogP contribution in [0.2, 0.25) is 10.0 Å². The summed E-state index contributed by atoms with van der Waals surface area (Å²) in [6.45, 7) is 1.10. The second-order valence-electron chi connectivity index (χ2n) is 10.0. The molecular formula is C27H22Cl2N4O6S2. The predicted octanol–water partition coefficient (Wildman–Crippen LogP) is 4.93. The molecule has 0 N–H and O–H groups in total. The first-order valence-electron chi connectivity index (χ1n) is 12.9. The number of rotatable bonds is 5. The smallest absolute Gasteiger partial charge is 0.308 e. The molecule has 3 aliphatic rings. The molecule has 0 aliphatic carbocycles. The first-order chi connectivity index (χ1) is 19.7. The van der Waals surface area contributed by atoms with Gasteiger partial charge in [-0.3, -0.25) is 33.9 Å². The number of anilines is 1. The highest BCUT2D eigenvalue weighted by Crippen LogP contribution is 2.55. The highest BCUT2D eigenvalue weighted by atomic mass is 35.5. The van der Waals surface area contributed by atoms with Crippen LogP contribution in [0.3, 0.4) is 0 Å². The molecule has 3 amide bonds. The molecule has 1 aromatic heterocycles. The Morgan fingerprint density at radius 2 is 1.71 bits per heavy atom. The van der Waals surface area contributed by atoms with Gasteiger partial charge in [0, 0.05) is 36.0 Å². The monoisotopic (exact) mass is 632 g/mol. The highest BCUT2D eigenvalue weighted by Gasteiger charge is 2.57. The van der Waals surface area contributed by atoms with Crippen molar-refractivity contribution in [3.05, 3.63) is 82.7 Å². The number of nitro groups is 1. The van der Waals surface area contributed by atoms with Gasteiger partial charge in [-0.2, -0.15) is 0 Å². The van der Waals surface area contributed by atoms with Gasteiger partial charge in [0.05, 0.1) is 31.6 Å². The number of imide groups is 1. The summed E-state index contributed by atoms with van der Waals surface area (Å²) in [4.78, 5) is 67.8. The number of fused-ring (bicyclic) bond motifs is 2. The number of carbonyl (C=O) groups excluding carboxylic acids is 3. The van der Waals surface area contributed by atoms with Gasteiger partial charge >= 0.3 is 4.87 Å². The van der Waals surface area contributed by atoms with Crippen LogP contribution in [-0.2, 0) is 20.9 Å². The third-order valence-electron chi connectivity index (χ3n) is 7.69. The molecular weight excluding hydrogens is 611 g/mol. The fourth-order valence-corrected chi connectivity index (χ4v) is 8.90. The van der Waals surface area contributed by atoms with E-state index in [9.17, 15) is 29.3 Å². The molecule has 6 rings (SSSR count). The zero-order valence-electron chi connectivity index (χ0n) is 21.3. The van der Waals surface area contributed by atoms with E-state index in [0.29, 0.717) is 28.6 Å². The maximum atomic E-state index is 14.0. The number of thiazole rings is 1. The number of halogens is 2. The number of benzene rings is 2. The molecule has 0 radical (unpaired) electrons. The maximum Gasteiger partial charge on any atom is 0.308 e. The van der Waals surface area contributed by atoms with Crippen LogP contribution in [0.4, 0.5) is 11.4 Å². The van der Waals surface area contributed by atoms with Gasteiger partial charge in [0.15, 0.2) is 0 Å². The molecule has 3 aliphatic heterocycles. The lowest BCUT2D eigenvalue weighted by atomic mass is 9.83. The van der Waals surface area contributed by atoms with E-state index >= 15 is 0 Å². The normalized spacial score (nSPS) is 22.0.